The first kappa shape index (κ1) is 12.7. The van der Waals surface area contributed by atoms with E-state index in [0.29, 0.717) is 17.7 Å². The van der Waals surface area contributed by atoms with Crippen LogP contribution in [0.2, 0.25) is 0 Å². The molecule has 1 aromatic rings. The zero-order valence-electron chi connectivity index (χ0n) is 10.1. The Morgan fingerprint density at radius 1 is 1.31 bits per heavy atom. The SMILES string of the molecule is Cc1c(C)n(C)c(=O)n(CCC(C)O)c1=O. The summed E-state index contributed by atoms with van der Waals surface area (Å²) in [5, 5.41) is 9.16. The average molecular weight is 226 g/mol. The fraction of sp³-hybridized carbons (Fsp3) is 0.636. The zero-order valence-corrected chi connectivity index (χ0v) is 10.1. The van der Waals surface area contributed by atoms with Gasteiger partial charge >= 0.3 is 5.69 Å². The average Bonchev–Trinajstić information content (AvgIpc) is 2.23. The van der Waals surface area contributed by atoms with Crippen molar-refractivity contribution in [1.29, 1.82) is 0 Å². The molecule has 0 aliphatic rings. The minimum absolute atomic E-state index is 0.254. The van der Waals surface area contributed by atoms with Gasteiger partial charge in [0.25, 0.3) is 5.56 Å². The summed E-state index contributed by atoms with van der Waals surface area (Å²) in [6.45, 7) is 5.34. The Hall–Kier alpha value is -1.36. The van der Waals surface area contributed by atoms with Crippen molar-refractivity contribution in [2.45, 2.75) is 39.8 Å². The molecule has 1 heterocycles. The summed E-state index contributed by atoms with van der Waals surface area (Å²) in [6.07, 6.45) is -0.115. The van der Waals surface area contributed by atoms with Gasteiger partial charge in [0.1, 0.15) is 0 Å². The van der Waals surface area contributed by atoms with Crippen LogP contribution in [0.3, 0.4) is 0 Å². The molecule has 0 aliphatic heterocycles. The lowest BCUT2D eigenvalue weighted by Crippen LogP contribution is -2.41. The van der Waals surface area contributed by atoms with E-state index < -0.39 is 6.10 Å². The molecule has 0 saturated carbocycles. The summed E-state index contributed by atoms with van der Waals surface area (Å²) in [5.41, 5.74) is 0.672. The maximum Gasteiger partial charge on any atom is 0.330 e. The summed E-state index contributed by atoms with van der Waals surface area (Å²) >= 11 is 0. The van der Waals surface area contributed by atoms with Crippen LogP contribution < -0.4 is 11.2 Å². The zero-order chi connectivity index (χ0) is 12.5. The van der Waals surface area contributed by atoms with Gasteiger partial charge in [0.05, 0.1) is 6.10 Å². The monoisotopic (exact) mass is 226 g/mol. The molecule has 0 aromatic carbocycles. The van der Waals surface area contributed by atoms with Crippen LogP contribution in [-0.2, 0) is 13.6 Å². The standard InChI is InChI=1S/C11H18N2O3/c1-7(14)5-6-13-10(15)8(2)9(3)12(4)11(13)16/h7,14H,5-6H2,1-4H3. The van der Waals surface area contributed by atoms with Crippen molar-refractivity contribution in [2.24, 2.45) is 7.05 Å². The Kier molecular flexibility index (Phi) is 3.70. The van der Waals surface area contributed by atoms with Crippen LogP contribution in [0.5, 0.6) is 0 Å². The fourth-order valence-corrected chi connectivity index (χ4v) is 1.53. The van der Waals surface area contributed by atoms with Crippen LogP contribution >= 0.6 is 0 Å². The molecule has 0 aliphatic carbocycles. The van der Waals surface area contributed by atoms with Crippen molar-refractivity contribution in [1.82, 2.24) is 9.13 Å². The molecule has 0 radical (unpaired) electrons. The molecule has 1 unspecified atom stereocenters. The summed E-state index contributed by atoms with van der Waals surface area (Å²) < 4.78 is 2.63. The third-order valence-electron chi connectivity index (χ3n) is 2.90. The molecule has 16 heavy (non-hydrogen) atoms. The van der Waals surface area contributed by atoms with Gasteiger partial charge < -0.3 is 9.67 Å². The first-order chi connectivity index (χ1) is 7.36. The van der Waals surface area contributed by atoms with Gasteiger partial charge in [-0.2, -0.15) is 0 Å². The van der Waals surface area contributed by atoms with Crippen molar-refractivity contribution in [3.8, 4) is 0 Å². The first-order valence-corrected chi connectivity index (χ1v) is 5.31. The Bertz CT molecular complexity index is 460. The van der Waals surface area contributed by atoms with Gasteiger partial charge in [-0.3, -0.25) is 9.36 Å². The summed E-state index contributed by atoms with van der Waals surface area (Å²) in [6, 6.07) is 0. The Balaban J connectivity index is 3.30. The van der Waals surface area contributed by atoms with E-state index in [1.54, 1.807) is 27.8 Å². The van der Waals surface area contributed by atoms with E-state index in [1.165, 1.54) is 9.13 Å². The van der Waals surface area contributed by atoms with Gasteiger partial charge in [-0.25, -0.2) is 4.79 Å². The molecule has 90 valence electrons. The van der Waals surface area contributed by atoms with Gasteiger partial charge in [0.15, 0.2) is 0 Å². The second kappa shape index (κ2) is 4.65. The maximum absolute atomic E-state index is 11.8. The van der Waals surface area contributed by atoms with Gasteiger partial charge in [0.2, 0.25) is 0 Å². The highest BCUT2D eigenvalue weighted by Crippen LogP contribution is 1.97. The maximum atomic E-state index is 11.8. The fourth-order valence-electron chi connectivity index (χ4n) is 1.53. The molecule has 1 atom stereocenters. The van der Waals surface area contributed by atoms with Gasteiger partial charge in [-0.05, 0) is 27.2 Å². The molecule has 0 spiro atoms. The highest BCUT2D eigenvalue weighted by Gasteiger charge is 2.11. The van der Waals surface area contributed by atoms with Crippen LogP contribution in [0.1, 0.15) is 24.6 Å². The lowest BCUT2D eigenvalue weighted by atomic mass is 10.2. The minimum Gasteiger partial charge on any atom is -0.393 e. The molecule has 0 amide bonds. The van der Waals surface area contributed by atoms with Gasteiger partial charge in [0, 0.05) is 24.8 Å². The van der Waals surface area contributed by atoms with Gasteiger partial charge in [-0.1, -0.05) is 0 Å². The highest BCUT2D eigenvalue weighted by molar-refractivity contribution is 5.14. The van der Waals surface area contributed by atoms with Crippen LogP contribution in [0.15, 0.2) is 9.59 Å². The minimum atomic E-state index is -0.516. The summed E-state index contributed by atoms with van der Waals surface area (Å²) in [7, 11) is 1.64. The molecular formula is C11H18N2O3. The van der Waals surface area contributed by atoms with Crippen LogP contribution in [-0.4, -0.2) is 20.3 Å². The third-order valence-corrected chi connectivity index (χ3v) is 2.90. The Morgan fingerprint density at radius 3 is 2.38 bits per heavy atom. The van der Waals surface area contributed by atoms with E-state index in [2.05, 4.69) is 0 Å². The van der Waals surface area contributed by atoms with Gasteiger partial charge in [-0.15, -0.1) is 0 Å². The number of aliphatic hydroxyl groups excluding tert-OH is 1. The number of aromatic nitrogens is 2. The number of hydrogen-bond acceptors (Lipinski definition) is 3. The summed E-state index contributed by atoms with van der Waals surface area (Å²) in [5.74, 6) is 0. The van der Waals surface area contributed by atoms with Crippen LogP contribution in [0.25, 0.3) is 0 Å². The molecule has 0 saturated heterocycles. The second-order valence-electron chi connectivity index (χ2n) is 4.15. The van der Waals surface area contributed by atoms with Crippen molar-refractivity contribution in [3.63, 3.8) is 0 Å². The van der Waals surface area contributed by atoms with Crippen LogP contribution in [0, 0.1) is 13.8 Å². The molecule has 5 nitrogen and oxygen atoms in total. The van der Waals surface area contributed by atoms with Crippen molar-refractivity contribution in [3.05, 3.63) is 32.1 Å². The lowest BCUT2D eigenvalue weighted by Gasteiger charge is -2.12. The highest BCUT2D eigenvalue weighted by atomic mass is 16.3. The number of hydrogen-bond donors (Lipinski definition) is 1. The predicted octanol–water partition coefficient (Wildman–Crippen LogP) is -0.0653. The normalized spacial score (nSPS) is 12.8. The smallest absolute Gasteiger partial charge is 0.330 e. The molecule has 1 N–H and O–H groups in total. The number of nitrogens with zero attached hydrogens (tertiary/aromatic N) is 2. The molecule has 1 aromatic heterocycles. The number of rotatable bonds is 3. The van der Waals surface area contributed by atoms with E-state index in [0.717, 1.165) is 0 Å². The van der Waals surface area contributed by atoms with E-state index >= 15 is 0 Å². The van der Waals surface area contributed by atoms with Crippen molar-refractivity contribution < 1.29 is 5.11 Å². The molecular weight excluding hydrogens is 208 g/mol. The number of aliphatic hydroxyl groups is 1. The van der Waals surface area contributed by atoms with Crippen LogP contribution in [0.4, 0.5) is 0 Å². The van der Waals surface area contributed by atoms with E-state index in [1.807, 2.05) is 0 Å². The first-order valence-electron chi connectivity index (χ1n) is 5.31. The molecule has 0 fully saturated rings. The van der Waals surface area contributed by atoms with Crippen molar-refractivity contribution >= 4 is 0 Å². The third kappa shape index (κ3) is 2.24. The Labute approximate surface area is 94.0 Å². The molecule has 1 rings (SSSR count). The van der Waals surface area contributed by atoms with E-state index in [-0.39, 0.29) is 17.8 Å². The predicted molar refractivity (Wildman–Crippen MR) is 61.7 cm³/mol. The summed E-state index contributed by atoms with van der Waals surface area (Å²) in [4.78, 5) is 23.7. The van der Waals surface area contributed by atoms with E-state index in [9.17, 15) is 9.59 Å². The lowest BCUT2D eigenvalue weighted by molar-refractivity contribution is 0.176. The topological polar surface area (TPSA) is 64.2 Å². The second-order valence-corrected chi connectivity index (χ2v) is 4.15. The molecule has 5 heteroatoms. The Morgan fingerprint density at radius 2 is 1.88 bits per heavy atom. The van der Waals surface area contributed by atoms with E-state index in [4.69, 9.17) is 5.11 Å². The molecule has 0 bridgehead atoms. The van der Waals surface area contributed by atoms with Crippen molar-refractivity contribution in [2.75, 3.05) is 0 Å². The largest absolute Gasteiger partial charge is 0.393 e. The quantitative estimate of drug-likeness (QED) is 0.785.